The van der Waals surface area contributed by atoms with Gasteiger partial charge in [0, 0.05) is 20.8 Å². The van der Waals surface area contributed by atoms with Crippen molar-refractivity contribution >= 4 is 33.4 Å². The molecule has 100 valence electrons. The predicted molar refractivity (Wildman–Crippen MR) is 81.9 cm³/mol. The Morgan fingerprint density at radius 1 is 1.39 bits per heavy atom. The molecule has 4 heteroatoms. The molecule has 0 radical (unpaired) electrons. The topological polar surface area (TPSA) is 46.2 Å². The number of hydrogen-bond donors (Lipinski definition) is 2. The van der Waals surface area contributed by atoms with Crippen LogP contribution in [0.1, 0.15) is 32.1 Å². The standard InChI is InChI=1S/C14H20BrNOS/c15-11-5-6-14(13(16)8-11)18-9-12(17)7-10-3-1-2-4-10/h5-6,8,10,12,17H,1-4,7,9,16H2. The van der Waals surface area contributed by atoms with E-state index in [9.17, 15) is 5.11 Å². The average molecular weight is 330 g/mol. The number of halogens is 1. The maximum Gasteiger partial charge on any atom is 0.0636 e. The Bertz CT molecular complexity index is 393. The maximum atomic E-state index is 10.0. The van der Waals surface area contributed by atoms with Gasteiger partial charge in [-0.25, -0.2) is 0 Å². The van der Waals surface area contributed by atoms with Crippen LogP contribution >= 0.6 is 27.7 Å². The molecule has 1 unspecified atom stereocenters. The lowest BCUT2D eigenvalue weighted by molar-refractivity contribution is 0.166. The molecule has 0 amide bonds. The number of nitrogen functional groups attached to an aromatic ring is 1. The third-order valence-electron chi connectivity index (χ3n) is 3.48. The molecular weight excluding hydrogens is 310 g/mol. The number of thioether (sulfide) groups is 1. The number of nitrogens with two attached hydrogens (primary N) is 1. The van der Waals surface area contributed by atoms with E-state index in [-0.39, 0.29) is 6.10 Å². The summed E-state index contributed by atoms with van der Waals surface area (Å²) in [5.41, 5.74) is 6.72. The van der Waals surface area contributed by atoms with Gasteiger partial charge in [-0.3, -0.25) is 0 Å². The van der Waals surface area contributed by atoms with Gasteiger partial charge in [0.2, 0.25) is 0 Å². The minimum Gasteiger partial charge on any atom is -0.398 e. The van der Waals surface area contributed by atoms with Crippen LogP contribution in [0.3, 0.4) is 0 Å². The van der Waals surface area contributed by atoms with E-state index in [1.165, 1.54) is 25.7 Å². The summed E-state index contributed by atoms with van der Waals surface area (Å²) < 4.78 is 0.996. The Kier molecular flexibility index (Phi) is 5.39. The van der Waals surface area contributed by atoms with Crippen molar-refractivity contribution in [3.05, 3.63) is 22.7 Å². The Hall–Kier alpha value is -0.190. The Morgan fingerprint density at radius 2 is 2.11 bits per heavy atom. The molecule has 0 spiro atoms. The lowest BCUT2D eigenvalue weighted by atomic mass is 10.0. The van der Waals surface area contributed by atoms with Crippen LogP contribution in [-0.4, -0.2) is 17.0 Å². The molecule has 3 N–H and O–H groups in total. The Morgan fingerprint density at radius 3 is 2.78 bits per heavy atom. The molecule has 0 saturated heterocycles. The molecule has 1 fully saturated rings. The van der Waals surface area contributed by atoms with Crippen LogP contribution in [-0.2, 0) is 0 Å². The highest BCUT2D eigenvalue weighted by atomic mass is 79.9. The van der Waals surface area contributed by atoms with E-state index in [0.717, 1.165) is 33.1 Å². The van der Waals surface area contributed by atoms with Crippen LogP contribution in [0.2, 0.25) is 0 Å². The van der Waals surface area contributed by atoms with Crippen LogP contribution in [0.15, 0.2) is 27.6 Å². The lowest BCUT2D eigenvalue weighted by Crippen LogP contribution is -2.14. The van der Waals surface area contributed by atoms with Gasteiger partial charge < -0.3 is 10.8 Å². The number of rotatable bonds is 5. The van der Waals surface area contributed by atoms with E-state index in [1.54, 1.807) is 11.8 Å². The van der Waals surface area contributed by atoms with Crippen LogP contribution < -0.4 is 5.73 Å². The van der Waals surface area contributed by atoms with Gasteiger partial charge >= 0.3 is 0 Å². The van der Waals surface area contributed by atoms with Crippen molar-refractivity contribution in [3.8, 4) is 0 Å². The van der Waals surface area contributed by atoms with E-state index >= 15 is 0 Å². The van der Waals surface area contributed by atoms with Gasteiger partial charge in [0.1, 0.15) is 0 Å². The van der Waals surface area contributed by atoms with Gasteiger partial charge in [0.05, 0.1) is 6.10 Å². The first-order valence-electron chi connectivity index (χ1n) is 6.51. The van der Waals surface area contributed by atoms with E-state index in [2.05, 4.69) is 15.9 Å². The van der Waals surface area contributed by atoms with Gasteiger partial charge in [0.15, 0.2) is 0 Å². The fourth-order valence-corrected chi connectivity index (χ4v) is 3.81. The van der Waals surface area contributed by atoms with Crippen molar-refractivity contribution in [2.45, 2.75) is 43.1 Å². The van der Waals surface area contributed by atoms with E-state index < -0.39 is 0 Å². The quantitative estimate of drug-likeness (QED) is 0.632. The fraction of sp³-hybridized carbons (Fsp3) is 0.571. The normalized spacial score (nSPS) is 18.1. The molecule has 18 heavy (non-hydrogen) atoms. The first kappa shape index (κ1) is 14.2. The number of aliphatic hydroxyl groups is 1. The Balaban J connectivity index is 1.79. The predicted octanol–water partition coefficient (Wildman–Crippen LogP) is 4.06. The molecule has 2 rings (SSSR count). The van der Waals surface area contributed by atoms with Crippen molar-refractivity contribution in [1.82, 2.24) is 0 Å². The summed E-state index contributed by atoms with van der Waals surface area (Å²) >= 11 is 5.05. The van der Waals surface area contributed by atoms with Gasteiger partial charge in [-0.05, 0) is 30.5 Å². The molecule has 2 nitrogen and oxygen atoms in total. The molecule has 0 bridgehead atoms. The van der Waals surface area contributed by atoms with Crippen molar-refractivity contribution in [2.24, 2.45) is 5.92 Å². The van der Waals surface area contributed by atoms with Gasteiger partial charge in [-0.15, -0.1) is 11.8 Å². The molecule has 0 aromatic heterocycles. The lowest BCUT2D eigenvalue weighted by Gasteiger charge is -2.15. The molecule has 0 heterocycles. The fourth-order valence-electron chi connectivity index (χ4n) is 2.54. The van der Waals surface area contributed by atoms with Crippen molar-refractivity contribution in [3.63, 3.8) is 0 Å². The minimum absolute atomic E-state index is 0.207. The second-order valence-corrected chi connectivity index (χ2v) is 7.01. The average Bonchev–Trinajstić information content (AvgIpc) is 2.80. The summed E-state index contributed by atoms with van der Waals surface area (Å²) in [6, 6.07) is 5.90. The second-order valence-electron chi connectivity index (χ2n) is 5.03. The summed E-state index contributed by atoms with van der Waals surface area (Å²) in [4.78, 5) is 1.06. The molecule has 1 aliphatic carbocycles. The number of hydrogen-bond acceptors (Lipinski definition) is 3. The van der Waals surface area contributed by atoms with Crippen LogP contribution in [0.5, 0.6) is 0 Å². The molecule has 1 aromatic rings. The summed E-state index contributed by atoms with van der Waals surface area (Å²) in [7, 11) is 0. The zero-order valence-electron chi connectivity index (χ0n) is 10.4. The van der Waals surface area contributed by atoms with Crippen LogP contribution in [0.25, 0.3) is 0 Å². The highest BCUT2D eigenvalue weighted by Gasteiger charge is 2.19. The van der Waals surface area contributed by atoms with Crippen LogP contribution in [0, 0.1) is 5.92 Å². The zero-order valence-corrected chi connectivity index (χ0v) is 12.8. The summed E-state index contributed by atoms with van der Waals surface area (Å²) in [5.74, 6) is 1.48. The highest BCUT2D eigenvalue weighted by Crippen LogP contribution is 2.32. The summed E-state index contributed by atoms with van der Waals surface area (Å²) in [6.07, 6.45) is 6.00. The van der Waals surface area contributed by atoms with Crippen molar-refractivity contribution < 1.29 is 5.11 Å². The third-order valence-corrected chi connectivity index (χ3v) is 5.21. The SMILES string of the molecule is Nc1cc(Br)ccc1SCC(O)CC1CCCC1. The zero-order chi connectivity index (χ0) is 13.0. The largest absolute Gasteiger partial charge is 0.398 e. The highest BCUT2D eigenvalue weighted by molar-refractivity contribution is 9.10. The smallest absolute Gasteiger partial charge is 0.0636 e. The monoisotopic (exact) mass is 329 g/mol. The molecule has 1 aliphatic rings. The van der Waals surface area contributed by atoms with Crippen molar-refractivity contribution in [2.75, 3.05) is 11.5 Å². The van der Waals surface area contributed by atoms with Crippen LogP contribution in [0.4, 0.5) is 5.69 Å². The third kappa shape index (κ3) is 4.18. The summed E-state index contributed by atoms with van der Waals surface area (Å²) in [5, 5.41) is 10.0. The minimum atomic E-state index is -0.207. The maximum absolute atomic E-state index is 10.0. The molecule has 1 atom stereocenters. The van der Waals surface area contributed by atoms with E-state index in [0.29, 0.717) is 0 Å². The van der Waals surface area contributed by atoms with E-state index in [4.69, 9.17) is 5.73 Å². The number of anilines is 1. The molecular formula is C14H20BrNOS. The van der Waals surface area contributed by atoms with Crippen molar-refractivity contribution in [1.29, 1.82) is 0 Å². The molecule has 0 aliphatic heterocycles. The first-order valence-corrected chi connectivity index (χ1v) is 8.29. The van der Waals surface area contributed by atoms with Gasteiger partial charge in [-0.1, -0.05) is 41.6 Å². The second kappa shape index (κ2) is 6.83. The van der Waals surface area contributed by atoms with Gasteiger partial charge in [-0.2, -0.15) is 0 Å². The van der Waals surface area contributed by atoms with Gasteiger partial charge in [0.25, 0.3) is 0 Å². The first-order chi connectivity index (χ1) is 8.65. The molecule has 1 aromatic carbocycles. The number of aliphatic hydroxyl groups excluding tert-OH is 1. The summed E-state index contributed by atoms with van der Waals surface area (Å²) in [6.45, 7) is 0. The molecule has 1 saturated carbocycles. The van der Waals surface area contributed by atoms with E-state index in [1.807, 2.05) is 18.2 Å². The Labute approximate surface area is 121 Å². The number of benzene rings is 1.